The topological polar surface area (TPSA) is 70.7 Å². The van der Waals surface area contributed by atoms with E-state index in [0.29, 0.717) is 0 Å². The lowest BCUT2D eigenvalue weighted by atomic mass is 9.70. The molecule has 5 heteroatoms. The van der Waals surface area contributed by atoms with E-state index in [-0.39, 0.29) is 23.1 Å². The molecule has 2 rings (SSSR count). The molecule has 0 radical (unpaired) electrons. The highest BCUT2D eigenvalue weighted by molar-refractivity contribution is 5.90. The van der Waals surface area contributed by atoms with Crippen molar-refractivity contribution in [3.8, 4) is 0 Å². The van der Waals surface area contributed by atoms with Gasteiger partial charge in [0.1, 0.15) is 5.82 Å². The van der Waals surface area contributed by atoms with Gasteiger partial charge in [-0.05, 0) is 18.3 Å². The number of nitrogens with zero attached hydrogens (tertiary/aromatic N) is 2. The van der Waals surface area contributed by atoms with Gasteiger partial charge in [-0.25, -0.2) is 4.98 Å². The quantitative estimate of drug-likeness (QED) is 0.838. The van der Waals surface area contributed by atoms with Gasteiger partial charge in [-0.3, -0.25) is 9.89 Å². The number of aromatic amines is 1. The van der Waals surface area contributed by atoms with Gasteiger partial charge in [0.25, 0.3) is 5.91 Å². The average Bonchev–Trinajstić information content (AvgIpc) is 2.72. The first-order valence-electron chi connectivity index (χ1n) is 6.21. The molecule has 0 aromatic carbocycles. The zero-order valence-corrected chi connectivity index (χ0v) is 10.7. The third kappa shape index (κ3) is 2.65. The molecular formula is C12H20N4O. The van der Waals surface area contributed by atoms with Gasteiger partial charge in [0.05, 0.1) is 0 Å². The number of carbonyl (C=O) groups excluding carboxylic acids is 1. The van der Waals surface area contributed by atoms with Crippen LogP contribution in [-0.4, -0.2) is 27.6 Å². The number of aromatic nitrogens is 3. The highest BCUT2D eigenvalue weighted by atomic mass is 16.2. The van der Waals surface area contributed by atoms with Crippen molar-refractivity contribution in [3.63, 3.8) is 0 Å². The summed E-state index contributed by atoms with van der Waals surface area (Å²) in [5.74, 6) is 1.08. The molecule has 94 valence electrons. The van der Waals surface area contributed by atoms with Crippen molar-refractivity contribution < 1.29 is 4.79 Å². The first kappa shape index (κ1) is 12.1. The van der Waals surface area contributed by atoms with E-state index in [4.69, 9.17) is 0 Å². The minimum atomic E-state index is -0.179. The molecule has 1 amide bonds. The Morgan fingerprint density at radius 3 is 2.71 bits per heavy atom. The number of H-pyrrole nitrogens is 1. The van der Waals surface area contributed by atoms with E-state index in [0.717, 1.165) is 12.4 Å². The molecule has 0 atom stereocenters. The number of hydrogen-bond acceptors (Lipinski definition) is 3. The molecule has 0 saturated heterocycles. The molecule has 0 spiro atoms. The fraction of sp³-hybridized carbons (Fsp3) is 0.750. The molecule has 1 aliphatic carbocycles. The van der Waals surface area contributed by atoms with E-state index in [1.165, 1.54) is 19.3 Å². The Hall–Kier alpha value is -1.39. The number of hydrogen-bond donors (Lipinski definition) is 2. The van der Waals surface area contributed by atoms with Crippen molar-refractivity contribution in [2.45, 2.75) is 46.0 Å². The Morgan fingerprint density at radius 1 is 1.53 bits per heavy atom. The average molecular weight is 236 g/mol. The van der Waals surface area contributed by atoms with E-state index in [1.807, 2.05) is 13.8 Å². The minimum Gasteiger partial charge on any atom is -0.349 e. The molecule has 0 aliphatic heterocycles. The van der Waals surface area contributed by atoms with Crippen LogP contribution in [0.15, 0.2) is 0 Å². The maximum absolute atomic E-state index is 11.8. The second-order valence-electron chi connectivity index (χ2n) is 5.55. The maximum Gasteiger partial charge on any atom is 0.290 e. The van der Waals surface area contributed by atoms with E-state index >= 15 is 0 Å². The smallest absolute Gasteiger partial charge is 0.290 e. The number of carbonyl (C=O) groups is 1. The highest BCUT2D eigenvalue weighted by Crippen LogP contribution is 2.39. The molecule has 17 heavy (non-hydrogen) atoms. The Labute approximate surface area is 101 Å². The molecule has 5 nitrogen and oxygen atoms in total. The third-order valence-electron chi connectivity index (χ3n) is 3.49. The van der Waals surface area contributed by atoms with Gasteiger partial charge in [-0.1, -0.05) is 27.2 Å². The summed E-state index contributed by atoms with van der Waals surface area (Å²) in [5, 5.41) is 9.63. The van der Waals surface area contributed by atoms with E-state index in [2.05, 4.69) is 27.4 Å². The first-order valence-corrected chi connectivity index (χ1v) is 6.21. The summed E-state index contributed by atoms with van der Waals surface area (Å²) < 4.78 is 0. The van der Waals surface area contributed by atoms with Gasteiger partial charge >= 0.3 is 0 Å². The van der Waals surface area contributed by atoms with Gasteiger partial charge in [0, 0.05) is 12.5 Å². The molecule has 1 aromatic rings. The maximum atomic E-state index is 11.8. The van der Waals surface area contributed by atoms with Crippen LogP contribution < -0.4 is 5.32 Å². The zero-order chi connectivity index (χ0) is 12.5. The largest absolute Gasteiger partial charge is 0.349 e. The molecule has 1 saturated carbocycles. The summed E-state index contributed by atoms with van der Waals surface area (Å²) >= 11 is 0. The monoisotopic (exact) mass is 236 g/mol. The predicted molar refractivity (Wildman–Crippen MR) is 64.8 cm³/mol. The normalized spacial score (nSPS) is 17.9. The lowest BCUT2D eigenvalue weighted by Crippen LogP contribution is -2.40. The summed E-state index contributed by atoms with van der Waals surface area (Å²) in [7, 11) is 0. The zero-order valence-electron chi connectivity index (χ0n) is 10.7. The Balaban J connectivity index is 1.90. The summed E-state index contributed by atoms with van der Waals surface area (Å²) in [5.41, 5.74) is 0.285. The van der Waals surface area contributed by atoms with Crippen LogP contribution in [0.5, 0.6) is 0 Å². The fourth-order valence-corrected chi connectivity index (χ4v) is 1.96. The van der Waals surface area contributed by atoms with Crippen LogP contribution in [0.2, 0.25) is 0 Å². The number of nitrogens with one attached hydrogen (secondary N) is 2. The van der Waals surface area contributed by atoms with Crippen molar-refractivity contribution in [2.24, 2.45) is 5.41 Å². The van der Waals surface area contributed by atoms with Crippen molar-refractivity contribution in [2.75, 3.05) is 6.54 Å². The van der Waals surface area contributed by atoms with Crippen LogP contribution in [0, 0.1) is 5.41 Å². The summed E-state index contributed by atoms with van der Waals surface area (Å²) in [6.45, 7) is 6.95. The van der Waals surface area contributed by atoms with Crippen LogP contribution in [0.25, 0.3) is 0 Å². The van der Waals surface area contributed by atoms with Crippen LogP contribution in [-0.2, 0) is 0 Å². The Kier molecular flexibility index (Phi) is 3.17. The van der Waals surface area contributed by atoms with Crippen molar-refractivity contribution in [1.29, 1.82) is 0 Å². The molecule has 1 aromatic heterocycles. The molecule has 2 N–H and O–H groups in total. The van der Waals surface area contributed by atoms with Crippen molar-refractivity contribution in [1.82, 2.24) is 20.5 Å². The summed E-state index contributed by atoms with van der Waals surface area (Å²) in [6, 6.07) is 0. The second kappa shape index (κ2) is 4.47. The van der Waals surface area contributed by atoms with Crippen LogP contribution in [0.1, 0.15) is 62.4 Å². The highest BCUT2D eigenvalue weighted by Gasteiger charge is 2.32. The lowest BCUT2D eigenvalue weighted by Gasteiger charge is -2.38. The standard InChI is InChI=1S/C12H20N4O/c1-8(2)9-14-10(16-15-9)11(17)13-7-12(3)5-4-6-12/h8H,4-7H2,1-3H3,(H,13,17)(H,14,15,16). The van der Waals surface area contributed by atoms with Gasteiger partial charge in [0.15, 0.2) is 0 Å². The SMILES string of the molecule is CC(C)c1nc(C(=O)NCC2(C)CCC2)n[nH]1. The third-order valence-corrected chi connectivity index (χ3v) is 3.49. The van der Waals surface area contributed by atoms with Gasteiger partial charge in [-0.15, -0.1) is 5.10 Å². The van der Waals surface area contributed by atoms with Gasteiger partial charge in [0.2, 0.25) is 5.82 Å². The van der Waals surface area contributed by atoms with Crippen LogP contribution in [0.4, 0.5) is 0 Å². The van der Waals surface area contributed by atoms with Gasteiger partial charge in [-0.2, -0.15) is 0 Å². The minimum absolute atomic E-state index is 0.179. The lowest BCUT2D eigenvalue weighted by molar-refractivity contribution is 0.0881. The van der Waals surface area contributed by atoms with E-state index < -0.39 is 0 Å². The summed E-state index contributed by atoms with van der Waals surface area (Å²) in [4.78, 5) is 16.0. The van der Waals surface area contributed by atoms with Gasteiger partial charge < -0.3 is 5.32 Å². The molecule has 0 bridgehead atoms. The van der Waals surface area contributed by atoms with E-state index in [9.17, 15) is 4.79 Å². The summed E-state index contributed by atoms with van der Waals surface area (Å²) in [6.07, 6.45) is 3.65. The predicted octanol–water partition coefficient (Wildman–Crippen LogP) is 1.85. The molecule has 1 aliphatic rings. The first-order chi connectivity index (χ1) is 8.00. The number of rotatable bonds is 4. The van der Waals surface area contributed by atoms with Crippen molar-refractivity contribution >= 4 is 5.91 Å². The molecule has 0 unspecified atom stereocenters. The Bertz CT molecular complexity index is 406. The molecule has 1 heterocycles. The second-order valence-corrected chi connectivity index (χ2v) is 5.55. The van der Waals surface area contributed by atoms with E-state index in [1.54, 1.807) is 0 Å². The van der Waals surface area contributed by atoms with Crippen molar-refractivity contribution in [3.05, 3.63) is 11.6 Å². The van der Waals surface area contributed by atoms with Crippen LogP contribution in [0.3, 0.4) is 0 Å². The van der Waals surface area contributed by atoms with Crippen LogP contribution >= 0.6 is 0 Å². The fourth-order valence-electron chi connectivity index (χ4n) is 1.96. The number of amides is 1. The Morgan fingerprint density at radius 2 is 2.24 bits per heavy atom. The molecule has 1 fully saturated rings. The molecular weight excluding hydrogens is 216 g/mol.